The Morgan fingerprint density at radius 1 is 0.516 bits per heavy atom. The van der Waals surface area contributed by atoms with E-state index in [1.807, 2.05) is 14.0 Å². The molecule has 0 saturated carbocycles. The summed E-state index contributed by atoms with van der Waals surface area (Å²) in [4.78, 5) is 0. The molecule has 0 aromatic heterocycles. The first-order chi connectivity index (χ1) is 15.2. The average Bonchev–Trinajstić information content (AvgIpc) is 2.78. The number of allylic oxidation sites excluding steroid dienone is 1. The molecule has 0 radical (unpaired) electrons. The molecule has 1 nitrogen and oxygen atoms in total. The molecule has 0 aliphatic carbocycles. The van der Waals surface area contributed by atoms with Crippen LogP contribution in [0, 0.1) is 0 Å². The second-order valence-corrected chi connectivity index (χ2v) is 9.70. The van der Waals surface area contributed by atoms with Crippen LogP contribution in [0.2, 0.25) is 0 Å². The lowest BCUT2D eigenvalue weighted by Crippen LogP contribution is -2.31. The minimum atomic E-state index is 0.180. The summed E-state index contributed by atoms with van der Waals surface area (Å²) in [5.41, 5.74) is 0.180. The van der Waals surface area contributed by atoms with E-state index in [9.17, 15) is 0 Å². The summed E-state index contributed by atoms with van der Waals surface area (Å²) in [6.45, 7) is 12.2. The van der Waals surface area contributed by atoms with Crippen LogP contribution in [-0.2, 0) is 4.74 Å². The van der Waals surface area contributed by atoms with Crippen molar-refractivity contribution in [1.29, 1.82) is 0 Å². The van der Waals surface area contributed by atoms with Crippen molar-refractivity contribution in [1.82, 2.24) is 0 Å². The average molecular weight is 439 g/mol. The van der Waals surface area contributed by atoms with Crippen molar-refractivity contribution >= 4 is 0 Å². The predicted octanol–water partition coefficient (Wildman–Crippen LogP) is 11.2. The maximum absolute atomic E-state index is 6.22. The van der Waals surface area contributed by atoms with Crippen molar-refractivity contribution in [2.45, 2.75) is 175 Å². The molecule has 0 bridgehead atoms. The van der Waals surface area contributed by atoms with Crippen LogP contribution in [0.4, 0.5) is 0 Å². The smallest absolute Gasteiger partial charge is 0.0678 e. The van der Waals surface area contributed by atoms with Gasteiger partial charge in [-0.1, -0.05) is 149 Å². The quantitative estimate of drug-likeness (QED) is 0.114. The molecule has 0 aromatic carbocycles. The second-order valence-electron chi connectivity index (χ2n) is 9.70. The first-order valence-electron chi connectivity index (χ1n) is 14.3. The van der Waals surface area contributed by atoms with Crippen molar-refractivity contribution in [2.24, 2.45) is 0 Å². The van der Waals surface area contributed by atoms with E-state index >= 15 is 0 Å². The van der Waals surface area contributed by atoms with Gasteiger partial charge in [-0.3, -0.25) is 0 Å². The summed E-state index contributed by atoms with van der Waals surface area (Å²) in [6, 6.07) is 0. The van der Waals surface area contributed by atoms with Crippen molar-refractivity contribution in [3.05, 3.63) is 12.7 Å². The Morgan fingerprint density at radius 3 is 1.00 bits per heavy atom. The second kappa shape index (κ2) is 27.7. The molecule has 0 saturated heterocycles. The Kier molecular flexibility index (Phi) is 29.4. The van der Waals surface area contributed by atoms with E-state index in [4.69, 9.17) is 4.74 Å². The number of ether oxygens (including phenoxy) is 1. The Hall–Kier alpha value is -0.300. The van der Waals surface area contributed by atoms with Gasteiger partial charge in [-0.2, -0.15) is 0 Å². The van der Waals surface area contributed by atoms with Crippen LogP contribution in [0.1, 0.15) is 169 Å². The third-order valence-electron chi connectivity index (χ3n) is 6.64. The van der Waals surface area contributed by atoms with Crippen LogP contribution < -0.4 is 0 Å². The number of hydrogen-bond donors (Lipinski definition) is 0. The SMILES string of the molecule is C=CC.CCCCCCCCCCC(CCCCCC)(CCCCCCCCC)OC. The fourth-order valence-corrected chi connectivity index (χ4v) is 4.54. The van der Waals surface area contributed by atoms with Gasteiger partial charge in [-0.15, -0.1) is 6.58 Å². The van der Waals surface area contributed by atoms with Gasteiger partial charge in [0.2, 0.25) is 0 Å². The Balaban J connectivity index is 0. The lowest BCUT2D eigenvalue weighted by Gasteiger charge is -2.33. The predicted molar refractivity (Wildman–Crippen MR) is 144 cm³/mol. The molecule has 0 aliphatic heterocycles. The topological polar surface area (TPSA) is 9.23 Å². The van der Waals surface area contributed by atoms with Crippen LogP contribution in [0.25, 0.3) is 0 Å². The standard InChI is InChI=1S/C27H56O.C3H6/c1-5-8-11-14-16-18-20-23-26-27(28-4,24-21-13-10-7-3)25-22-19-17-15-12-9-6-2;1-3-2/h5-26H2,1-4H3;3H,1H2,2H3. The number of unbranched alkanes of at least 4 members (excludes halogenated alkanes) is 16. The molecule has 0 amide bonds. The van der Waals surface area contributed by atoms with Gasteiger partial charge in [-0.05, 0) is 26.2 Å². The molecular weight excluding hydrogens is 376 g/mol. The minimum Gasteiger partial charge on any atom is -0.378 e. The van der Waals surface area contributed by atoms with E-state index in [1.54, 1.807) is 6.08 Å². The van der Waals surface area contributed by atoms with Crippen LogP contribution in [0.3, 0.4) is 0 Å². The highest BCUT2D eigenvalue weighted by Gasteiger charge is 2.28. The van der Waals surface area contributed by atoms with Crippen LogP contribution in [0.5, 0.6) is 0 Å². The lowest BCUT2D eigenvalue weighted by molar-refractivity contribution is -0.0366. The third kappa shape index (κ3) is 24.2. The van der Waals surface area contributed by atoms with Gasteiger partial charge in [0.15, 0.2) is 0 Å². The molecule has 0 heterocycles. The molecule has 0 N–H and O–H groups in total. The van der Waals surface area contributed by atoms with Crippen molar-refractivity contribution < 1.29 is 4.74 Å². The van der Waals surface area contributed by atoms with E-state index in [0.29, 0.717) is 0 Å². The van der Waals surface area contributed by atoms with E-state index < -0.39 is 0 Å². The summed E-state index contributed by atoms with van der Waals surface area (Å²) in [6.07, 6.45) is 32.2. The first kappa shape index (κ1) is 32.9. The zero-order valence-electron chi connectivity index (χ0n) is 22.7. The van der Waals surface area contributed by atoms with E-state index in [1.165, 1.54) is 141 Å². The van der Waals surface area contributed by atoms with Crippen molar-refractivity contribution in [3.8, 4) is 0 Å². The molecule has 0 aromatic rings. The fraction of sp³-hybridized carbons (Fsp3) is 0.933. The molecule has 1 heteroatoms. The maximum atomic E-state index is 6.22. The molecule has 1 atom stereocenters. The normalized spacial score (nSPS) is 12.8. The molecule has 31 heavy (non-hydrogen) atoms. The van der Waals surface area contributed by atoms with Gasteiger partial charge in [-0.25, -0.2) is 0 Å². The first-order valence-corrected chi connectivity index (χ1v) is 14.3. The lowest BCUT2D eigenvalue weighted by atomic mass is 9.84. The van der Waals surface area contributed by atoms with Gasteiger partial charge in [0.25, 0.3) is 0 Å². The summed E-state index contributed by atoms with van der Waals surface area (Å²) < 4.78 is 6.22. The summed E-state index contributed by atoms with van der Waals surface area (Å²) in [5.74, 6) is 0. The molecule has 0 spiro atoms. The van der Waals surface area contributed by atoms with Crippen molar-refractivity contribution in [3.63, 3.8) is 0 Å². The minimum absolute atomic E-state index is 0.180. The van der Waals surface area contributed by atoms with Gasteiger partial charge in [0.1, 0.15) is 0 Å². The summed E-state index contributed by atoms with van der Waals surface area (Å²) >= 11 is 0. The van der Waals surface area contributed by atoms with Crippen LogP contribution >= 0.6 is 0 Å². The molecule has 0 fully saturated rings. The third-order valence-corrected chi connectivity index (χ3v) is 6.64. The highest BCUT2D eigenvalue weighted by molar-refractivity contribution is 4.81. The zero-order valence-corrected chi connectivity index (χ0v) is 22.7. The number of hydrogen-bond acceptors (Lipinski definition) is 1. The fourth-order valence-electron chi connectivity index (χ4n) is 4.54. The number of methoxy groups -OCH3 is 1. The molecular formula is C30H62O. The maximum Gasteiger partial charge on any atom is 0.0678 e. The zero-order chi connectivity index (χ0) is 23.5. The highest BCUT2D eigenvalue weighted by Crippen LogP contribution is 2.32. The molecule has 0 rings (SSSR count). The van der Waals surface area contributed by atoms with Crippen LogP contribution in [-0.4, -0.2) is 12.7 Å². The Labute approximate surface area is 199 Å². The summed E-state index contributed by atoms with van der Waals surface area (Å²) in [7, 11) is 1.99. The van der Waals surface area contributed by atoms with Gasteiger partial charge < -0.3 is 4.74 Å². The molecule has 0 aliphatic rings. The van der Waals surface area contributed by atoms with E-state index in [0.717, 1.165) is 0 Å². The molecule has 1 unspecified atom stereocenters. The van der Waals surface area contributed by atoms with Gasteiger partial charge in [0, 0.05) is 7.11 Å². The largest absolute Gasteiger partial charge is 0.378 e. The molecule has 188 valence electrons. The van der Waals surface area contributed by atoms with Crippen LogP contribution in [0.15, 0.2) is 12.7 Å². The van der Waals surface area contributed by atoms with Gasteiger partial charge >= 0.3 is 0 Å². The number of rotatable bonds is 23. The summed E-state index contributed by atoms with van der Waals surface area (Å²) in [5, 5.41) is 0. The Morgan fingerprint density at radius 2 is 0.742 bits per heavy atom. The Bertz CT molecular complexity index is 324. The monoisotopic (exact) mass is 438 g/mol. The van der Waals surface area contributed by atoms with Crippen molar-refractivity contribution in [2.75, 3.05) is 7.11 Å². The highest BCUT2D eigenvalue weighted by atomic mass is 16.5. The van der Waals surface area contributed by atoms with E-state index in [-0.39, 0.29) is 5.60 Å². The van der Waals surface area contributed by atoms with Gasteiger partial charge in [0.05, 0.1) is 5.60 Å². The van der Waals surface area contributed by atoms with E-state index in [2.05, 4.69) is 27.4 Å².